The fourth-order valence-corrected chi connectivity index (χ4v) is 2.80. The highest BCUT2D eigenvalue weighted by Gasteiger charge is 2.27. The Kier molecular flexibility index (Phi) is 3.03. The number of aromatic nitrogens is 3. The summed E-state index contributed by atoms with van der Waals surface area (Å²) in [6.07, 6.45) is 4.66. The van der Waals surface area contributed by atoms with Gasteiger partial charge >= 0.3 is 5.97 Å². The molecule has 18 heavy (non-hydrogen) atoms. The first-order chi connectivity index (χ1) is 8.72. The summed E-state index contributed by atoms with van der Waals surface area (Å²) in [5.74, 6) is 0.766. The maximum Gasteiger partial charge on any atom is 0.308 e. The molecule has 1 aromatic heterocycles. The minimum absolute atomic E-state index is 0.309. The van der Waals surface area contributed by atoms with Crippen molar-refractivity contribution in [3.8, 4) is 0 Å². The number of fused-ring (bicyclic) bond motifs is 1. The Morgan fingerprint density at radius 2 is 2.39 bits per heavy atom. The van der Waals surface area contributed by atoms with Crippen LogP contribution in [0.1, 0.15) is 30.9 Å². The van der Waals surface area contributed by atoms with Crippen molar-refractivity contribution in [1.29, 1.82) is 0 Å². The normalized spacial score (nSPS) is 27.1. The fourth-order valence-electron chi connectivity index (χ4n) is 2.80. The number of carboxylic acid groups (broad SMARTS) is 1. The van der Waals surface area contributed by atoms with Crippen LogP contribution in [0.3, 0.4) is 0 Å². The second-order valence-electron chi connectivity index (χ2n) is 5.20. The van der Waals surface area contributed by atoms with E-state index in [9.17, 15) is 4.79 Å². The summed E-state index contributed by atoms with van der Waals surface area (Å²) in [5.41, 5.74) is 0. The van der Waals surface area contributed by atoms with Crippen molar-refractivity contribution >= 4 is 5.97 Å². The first kappa shape index (κ1) is 11.6. The molecule has 2 atom stereocenters. The van der Waals surface area contributed by atoms with Crippen LogP contribution in [-0.4, -0.2) is 38.4 Å². The van der Waals surface area contributed by atoms with Crippen LogP contribution in [0.15, 0.2) is 0 Å². The molecule has 0 aliphatic carbocycles. The second kappa shape index (κ2) is 4.68. The second-order valence-corrected chi connectivity index (χ2v) is 5.20. The molecule has 2 aliphatic rings. The predicted molar refractivity (Wildman–Crippen MR) is 64.2 cm³/mol. The van der Waals surface area contributed by atoms with Gasteiger partial charge in [0, 0.05) is 18.9 Å². The summed E-state index contributed by atoms with van der Waals surface area (Å²) in [6.45, 7) is 1.55. The zero-order valence-electron chi connectivity index (χ0n) is 10.3. The van der Waals surface area contributed by atoms with Crippen molar-refractivity contribution in [2.45, 2.75) is 44.7 Å². The van der Waals surface area contributed by atoms with Crippen molar-refractivity contribution in [2.24, 2.45) is 5.92 Å². The molecule has 2 unspecified atom stereocenters. The van der Waals surface area contributed by atoms with E-state index in [1.165, 1.54) is 12.8 Å². The zero-order valence-corrected chi connectivity index (χ0v) is 10.3. The average molecular weight is 250 g/mol. The number of hydrogen-bond acceptors (Lipinski definition) is 4. The number of carboxylic acids is 1. The quantitative estimate of drug-likeness (QED) is 0.802. The lowest BCUT2D eigenvalue weighted by atomic mass is 10.0. The lowest BCUT2D eigenvalue weighted by molar-refractivity contribution is -0.142. The monoisotopic (exact) mass is 250 g/mol. The van der Waals surface area contributed by atoms with Crippen LogP contribution >= 0.6 is 0 Å². The third kappa shape index (κ3) is 2.25. The van der Waals surface area contributed by atoms with Crippen LogP contribution in [0.5, 0.6) is 0 Å². The topological polar surface area (TPSA) is 80.0 Å². The maximum atomic E-state index is 11.0. The Bertz CT molecular complexity index is 451. The van der Waals surface area contributed by atoms with E-state index in [1.54, 1.807) is 4.68 Å². The van der Waals surface area contributed by atoms with Gasteiger partial charge in [-0.1, -0.05) is 0 Å². The molecule has 2 N–H and O–H groups in total. The smallest absolute Gasteiger partial charge is 0.308 e. The molecule has 1 aromatic rings. The number of hydrogen-bond donors (Lipinski definition) is 2. The van der Waals surface area contributed by atoms with Gasteiger partial charge in [-0.3, -0.25) is 4.79 Å². The fraction of sp³-hybridized carbons (Fsp3) is 0.750. The maximum absolute atomic E-state index is 11.0. The molecule has 0 saturated carbocycles. The minimum Gasteiger partial charge on any atom is -0.481 e. The minimum atomic E-state index is -0.727. The third-order valence-corrected chi connectivity index (χ3v) is 3.84. The van der Waals surface area contributed by atoms with Crippen LogP contribution in [0.4, 0.5) is 0 Å². The summed E-state index contributed by atoms with van der Waals surface area (Å²) < 4.78 is 1.78. The first-order valence-electron chi connectivity index (χ1n) is 6.61. The van der Waals surface area contributed by atoms with Gasteiger partial charge in [0.25, 0.3) is 0 Å². The molecular weight excluding hydrogens is 232 g/mol. The van der Waals surface area contributed by atoms with Gasteiger partial charge in [-0.2, -0.15) is 5.10 Å². The van der Waals surface area contributed by atoms with Crippen LogP contribution < -0.4 is 5.32 Å². The van der Waals surface area contributed by atoms with E-state index in [2.05, 4.69) is 15.4 Å². The van der Waals surface area contributed by atoms with E-state index in [4.69, 9.17) is 5.11 Å². The molecule has 1 saturated heterocycles. The van der Waals surface area contributed by atoms with E-state index >= 15 is 0 Å². The van der Waals surface area contributed by atoms with Gasteiger partial charge in [0.1, 0.15) is 5.82 Å². The summed E-state index contributed by atoms with van der Waals surface area (Å²) in [6, 6.07) is 0.490. The molecule has 3 rings (SSSR count). The van der Waals surface area contributed by atoms with Gasteiger partial charge < -0.3 is 10.4 Å². The first-order valence-corrected chi connectivity index (χ1v) is 6.61. The van der Waals surface area contributed by atoms with E-state index in [-0.39, 0.29) is 5.92 Å². The molecule has 0 bridgehead atoms. The van der Waals surface area contributed by atoms with Gasteiger partial charge in [0.05, 0.1) is 12.5 Å². The van der Waals surface area contributed by atoms with Gasteiger partial charge in [-0.15, -0.1) is 0 Å². The molecule has 6 heteroatoms. The lowest BCUT2D eigenvalue weighted by Gasteiger charge is -2.18. The number of nitrogens with one attached hydrogen (secondary N) is 1. The predicted octanol–water partition coefficient (Wildman–Crippen LogP) is 0.220. The molecule has 98 valence electrons. The number of carbonyl (C=O) groups is 1. The Balaban J connectivity index is 1.70. The van der Waals surface area contributed by atoms with Crippen molar-refractivity contribution in [3.63, 3.8) is 0 Å². The standard InChI is InChI=1S/C12H18N4O2/c17-12(18)8-3-4-11-14-10(15-16(11)7-8)6-9-2-1-5-13-9/h8-9,13H,1-7H2,(H,17,18). The Labute approximate surface area is 105 Å². The SMILES string of the molecule is O=C(O)C1CCc2nc(CC3CCCN3)nn2C1. The Morgan fingerprint density at radius 3 is 3.11 bits per heavy atom. The highest BCUT2D eigenvalue weighted by molar-refractivity contribution is 5.70. The molecule has 3 heterocycles. The number of nitrogens with zero attached hydrogens (tertiary/aromatic N) is 3. The van der Waals surface area contributed by atoms with Gasteiger partial charge in [0.15, 0.2) is 5.82 Å². The van der Waals surface area contributed by atoms with Gasteiger partial charge in [0.2, 0.25) is 0 Å². The van der Waals surface area contributed by atoms with Crippen LogP contribution in [-0.2, 0) is 24.2 Å². The summed E-state index contributed by atoms with van der Waals surface area (Å²) in [4.78, 5) is 15.5. The number of rotatable bonds is 3. The zero-order chi connectivity index (χ0) is 12.5. The molecule has 2 aliphatic heterocycles. The van der Waals surface area contributed by atoms with Crippen molar-refractivity contribution in [3.05, 3.63) is 11.6 Å². The molecule has 0 radical (unpaired) electrons. The Hall–Kier alpha value is -1.43. The molecule has 1 fully saturated rings. The lowest BCUT2D eigenvalue weighted by Crippen LogP contribution is -2.27. The third-order valence-electron chi connectivity index (χ3n) is 3.84. The summed E-state index contributed by atoms with van der Waals surface area (Å²) in [5, 5.41) is 16.9. The molecular formula is C12H18N4O2. The molecule has 0 aromatic carbocycles. The average Bonchev–Trinajstić information content (AvgIpc) is 2.96. The van der Waals surface area contributed by atoms with Crippen molar-refractivity contribution in [2.75, 3.05) is 6.54 Å². The summed E-state index contributed by atoms with van der Waals surface area (Å²) >= 11 is 0. The Morgan fingerprint density at radius 1 is 1.50 bits per heavy atom. The van der Waals surface area contributed by atoms with E-state index in [0.717, 1.165) is 31.0 Å². The number of aryl methyl sites for hydroxylation is 1. The largest absolute Gasteiger partial charge is 0.481 e. The highest BCUT2D eigenvalue weighted by Crippen LogP contribution is 2.19. The van der Waals surface area contributed by atoms with Gasteiger partial charge in [-0.25, -0.2) is 9.67 Å². The van der Waals surface area contributed by atoms with Crippen LogP contribution in [0.2, 0.25) is 0 Å². The number of aliphatic carboxylic acids is 1. The van der Waals surface area contributed by atoms with Crippen molar-refractivity contribution < 1.29 is 9.90 Å². The molecule has 0 amide bonds. The highest BCUT2D eigenvalue weighted by atomic mass is 16.4. The summed E-state index contributed by atoms with van der Waals surface area (Å²) in [7, 11) is 0. The van der Waals surface area contributed by atoms with Gasteiger partial charge in [-0.05, 0) is 25.8 Å². The van der Waals surface area contributed by atoms with E-state index < -0.39 is 5.97 Å². The van der Waals surface area contributed by atoms with Crippen molar-refractivity contribution in [1.82, 2.24) is 20.1 Å². The molecule has 6 nitrogen and oxygen atoms in total. The molecule has 0 spiro atoms. The van der Waals surface area contributed by atoms with Crippen LogP contribution in [0, 0.1) is 5.92 Å². The van der Waals surface area contributed by atoms with E-state index in [0.29, 0.717) is 19.0 Å². The van der Waals surface area contributed by atoms with Crippen LogP contribution in [0.25, 0.3) is 0 Å². The van der Waals surface area contributed by atoms with E-state index in [1.807, 2.05) is 0 Å².